The van der Waals surface area contributed by atoms with Crippen LogP contribution in [0, 0.1) is 0 Å². The van der Waals surface area contributed by atoms with E-state index in [1.807, 2.05) is 0 Å². The van der Waals surface area contributed by atoms with Gasteiger partial charge in [-0.1, -0.05) is 0 Å². The van der Waals surface area contributed by atoms with Gasteiger partial charge in [0.05, 0.1) is 6.61 Å². The number of halogens is 3. The van der Waals surface area contributed by atoms with Gasteiger partial charge in [0.2, 0.25) is 0 Å². The Labute approximate surface area is 119 Å². The van der Waals surface area contributed by atoms with Gasteiger partial charge in [-0.2, -0.15) is 18.2 Å². The highest BCUT2D eigenvalue weighted by Gasteiger charge is 2.26. The SMILES string of the molecule is NC(=NCC(F)(F)F)Nc1ccnc(OCCCCO)n1. The van der Waals surface area contributed by atoms with Crippen molar-refractivity contribution < 1.29 is 23.0 Å². The van der Waals surface area contributed by atoms with Gasteiger partial charge in [0.1, 0.15) is 12.4 Å². The van der Waals surface area contributed by atoms with E-state index in [4.69, 9.17) is 15.6 Å². The summed E-state index contributed by atoms with van der Waals surface area (Å²) in [5.41, 5.74) is 5.31. The van der Waals surface area contributed by atoms with Crippen LogP contribution in [0.4, 0.5) is 19.0 Å². The zero-order valence-electron chi connectivity index (χ0n) is 11.1. The molecule has 0 unspecified atom stereocenters. The third-order valence-electron chi connectivity index (χ3n) is 2.10. The molecule has 1 rings (SSSR count). The maximum atomic E-state index is 12.0. The monoisotopic (exact) mass is 307 g/mol. The summed E-state index contributed by atoms with van der Waals surface area (Å²) >= 11 is 0. The predicted octanol–water partition coefficient (Wildman–Crippen LogP) is 0.917. The molecule has 0 radical (unpaired) electrons. The zero-order chi connectivity index (χ0) is 15.7. The first kappa shape index (κ1) is 17.0. The fraction of sp³-hybridized carbons (Fsp3) is 0.545. The van der Waals surface area contributed by atoms with Gasteiger partial charge in [-0.15, -0.1) is 0 Å². The lowest BCUT2D eigenvalue weighted by molar-refractivity contribution is -0.118. The largest absolute Gasteiger partial charge is 0.463 e. The molecule has 0 aliphatic heterocycles. The van der Waals surface area contributed by atoms with Crippen LogP contribution in [0.1, 0.15) is 12.8 Å². The lowest BCUT2D eigenvalue weighted by Gasteiger charge is -2.08. The molecular formula is C11H16F3N5O2. The van der Waals surface area contributed by atoms with E-state index in [9.17, 15) is 13.2 Å². The Hall–Kier alpha value is -2.10. The summed E-state index contributed by atoms with van der Waals surface area (Å²) in [6.45, 7) is -0.985. The average molecular weight is 307 g/mol. The molecule has 0 bridgehead atoms. The number of aromatic nitrogens is 2. The molecule has 1 aromatic heterocycles. The van der Waals surface area contributed by atoms with Crippen molar-refractivity contribution >= 4 is 11.8 Å². The maximum Gasteiger partial charge on any atom is 0.408 e. The summed E-state index contributed by atoms with van der Waals surface area (Å²) in [4.78, 5) is 10.9. The topological polar surface area (TPSA) is 106 Å². The molecule has 0 aliphatic rings. The molecule has 0 aliphatic carbocycles. The predicted molar refractivity (Wildman–Crippen MR) is 70.0 cm³/mol. The van der Waals surface area contributed by atoms with Gasteiger partial charge in [0, 0.05) is 12.8 Å². The van der Waals surface area contributed by atoms with Crippen molar-refractivity contribution in [3.05, 3.63) is 12.3 Å². The summed E-state index contributed by atoms with van der Waals surface area (Å²) in [7, 11) is 0. The lowest BCUT2D eigenvalue weighted by atomic mass is 10.3. The zero-order valence-corrected chi connectivity index (χ0v) is 11.1. The van der Waals surface area contributed by atoms with Crippen molar-refractivity contribution in [2.24, 2.45) is 10.7 Å². The van der Waals surface area contributed by atoms with Crippen LogP contribution < -0.4 is 15.8 Å². The molecular weight excluding hydrogens is 291 g/mol. The van der Waals surface area contributed by atoms with E-state index < -0.39 is 18.7 Å². The summed E-state index contributed by atoms with van der Waals surface area (Å²) in [6.07, 6.45) is -1.83. The number of hydrogen-bond acceptors (Lipinski definition) is 5. The Kier molecular flexibility index (Phi) is 6.66. The minimum atomic E-state index is -4.42. The van der Waals surface area contributed by atoms with Gasteiger partial charge in [-0.25, -0.2) is 9.98 Å². The molecule has 21 heavy (non-hydrogen) atoms. The quantitative estimate of drug-likeness (QED) is 0.393. The number of unbranched alkanes of at least 4 members (excludes halogenated alkanes) is 1. The van der Waals surface area contributed by atoms with Crippen LogP contribution >= 0.6 is 0 Å². The third-order valence-corrected chi connectivity index (χ3v) is 2.10. The van der Waals surface area contributed by atoms with Crippen LogP contribution in [0.5, 0.6) is 6.01 Å². The molecule has 0 amide bonds. The van der Waals surface area contributed by atoms with E-state index in [-0.39, 0.29) is 18.4 Å². The van der Waals surface area contributed by atoms with Gasteiger partial charge in [-0.3, -0.25) is 0 Å². The van der Waals surface area contributed by atoms with E-state index in [1.165, 1.54) is 12.3 Å². The fourth-order valence-corrected chi connectivity index (χ4v) is 1.20. The highest BCUT2D eigenvalue weighted by Crippen LogP contribution is 2.14. The molecule has 4 N–H and O–H groups in total. The number of rotatable bonds is 7. The molecule has 7 nitrogen and oxygen atoms in total. The van der Waals surface area contributed by atoms with Crippen LogP contribution in [-0.4, -0.2) is 47.0 Å². The van der Waals surface area contributed by atoms with E-state index in [1.54, 1.807) is 0 Å². The van der Waals surface area contributed by atoms with Crippen LogP contribution in [0.2, 0.25) is 0 Å². The first-order valence-electron chi connectivity index (χ1n) is 6.11. The summed E-state index contributed by atoms with van der Waals surface area (Å²) in [5, 5.41) is 11.0. The van der Waals surface area contributed by atoms with Crippen LogP contribution in [0.25, 0.3) is 0 Å². The highest BCUT2D eigenvalue weighted by molar-refractivity contribution is 5.91. The number of anilines is 1. The van der Waals surface area contributed by atoms with Crippen LogP contribution in [0.3, 0.4) is 0 Å². The Bertz CT molecular complexity index is 467. The first-order chi connectivity index (χ1) is 9.90. The summed E-state index contributed by atoms with van der Waals surface area (Å²) < 4.78 is 41.1. The lowest BCUT2D eigenvalue weighted by Crippen LogP contribution is -2.26. The van der Waals surface area contributed by atoms with Crippen molar-refractivity contribution in [2.75, 3.05) is 25.1 Å². The Morgan fingerprint density at radius 2 is 2.19 bits per heavy atom. The fourth-order valence-electron chi connectivity index (χ4n) is 1.20. The molecule has 0 atom stereocenters. The normalized spacial score (nSPS) is 12.3. The van der Waals surface area contributed by atoms with Gasteiger partial charge >= 0.3 is 12.2 Å². The Morgan fingerprint density at radius 1 is 1.43 bits per heavy atom. The number of aliphatic hydroxyl groups excluding tert-OH is 1. The third kappa shape index (κ3) is 7.92. The van der Waals surface area contributed by atoms with Crippen molar-refractivity contribution in [1.29, 1.82) is 0 Å². The van der Waals surface area contributed by atoms with E-state index in [2.05, 4.69) is 20.3 Å². The molecule has 0 spiro atoms. The minimum Gasteiger partial charge on any atom is -0.463 e. The Morgan fingerprint density at radius 3 is 2.86 bits per heavy atom. The second-order valence-electron chi connectivity index (χ2n) is 3.95. The number of nitrogens with two attached hydrogens (primary N) is 1. The molecule has 1 aromatic rings. The van der Waals surface area contributed by atoms with E-state index in [0.29, 0.717) is 19.4 Å². The number of alkyl halides is 3. The smallest absolute Gasteiger partial charge is 0.408 e. The average Bonchev–Trinajstić information content (AvgIpc) is 2.41. The van der Waals surface area contributed by atoms with Gasteiger partial charge in [0.15, 0.2) is 5.96 Å². The maximum absolute atomic E-state index is 12.0. The second kappa shape index (κ2) is 8.25. The highest BCUT2D eigenvalue weighted by atomic mass is 19.4. The van der Waals surface area contributed by atoms with Crippen molar-refractivity contribution in [3.8, 4) is 6.01 Å². The molecule has 0 fully saturated rings. The van der Waals surface area contributed by atoms with Gasteiger partial charge in [0.25, 0.3) is 0 Å². The number of hydrogen-bond donors (Lipinski definition) is 3. The molecule has 1 heterocycles. The number of aliphatic hydroxyl groups is 1. The molecule has 118 valence electrons. The van der Waals surface area contributed by atoms with E-state index >= 15 is 0 Å². The first-order valence-corrected chi connectivity index (χ1v) is 6.11. The number of aliphatic imine (C=N–C) groups is 1. The van der Waals surface area contributed by atoms with Crippen LogP contribution in [-0.2, 0) is 0 Å². The number of nitrogens with one attached hydrogen (secondary N) is 1. The van der Waals surface area contributed by atoms with Gasteiger partial charge in [-0.05, 0) is 18.9 Å². The van der Waals surface area contributed by atoms with Crippen molar-refractivity contribution in [3.63, 3.8) is 0 Å². The molecule has 0 saturated heterocycles. The molecule has 0 aromatic carbocycles. The van der Waals surface area contributed by atoms with Crippen molar-refractivity contribution in [2.45, 2.75) is 19.0 Å². The van der Waals surface area contributed by atoms with Crippen molar-refractivity contribution in [1.82, 2.24) is 9.97 Å². The number of nitrogens with zero attached hydrogens (tertiary/aromatic N) is 3. The van der Waals surface area contributed by atoms with E-state index in [0.717, 1.165) is 0 Å². The second-order valence-corrected chi connectivity index (χ2v) is 3.95. The standard InChI is InChI=1S/C11H16F3N5O2/c12-11(13,14)7-17-9(15)18-8-3-4-16-10(19-8)21-6-2-1-5-20/h3-4,20H,1-2,5-7H2,(H3,15,16,17,18,19). The minimum absolute atomic E-state index is 0.0570. The molecule has 10 heteroatoms. The van der Waals surface area contributed by atoms with Gasteiger partial charge < -0.3 is 20.9 Å². The molecule has 0 saturated carbocycles. The number of ether oxygens (including phenoxy) is 1. The van der Waals surface area contributed by atoms with Crippen LogP contribution in [0.15, 0.2) is 17.3 Å². The Balaban J connectivity index is 2.52. The summed E-state index contributed by atoms with van der Waals surface area (Å²) in [5.74, 6) is -0.233. The number of guanidine groups is 1. The summed E-state index contributed by atoms with van der Waals surface area (Å²) in [6, 6.07) is 1.47.